The van der Waals surface area contributed by atoms with Crippen molar-refractivity contribution in [2.24, 2.45) is 0 Å². The number of thiazole rings is 1. The van der Waals surface area contributed by atoms with Crippen molar-refractivity contribution < 1.29 is 15.3 Å². The Kier molecular flexibility index (Phi) is 8.72. The first-order valence-electron chi connectivity index (χ1n) is 12.9. The largest absolute Gasteiger partial charge is 0.394 e. The van der Waals surface area contributed by atoms with Crippen LogP contribution in [0.3, 0.4) is 0 Å². The van der Waals surface area contributed by atoms with Crippen LogP contribution in [0.2, 0.25) is 0 Å². The van der Waals surface area contributed by atoms with E-state index in [1.807, 2.05) is 36.4 Å². The number of aliphatic hydroxyl groups excluding tert-OH is 3. The molecule has 1 fully saturated rings. The number of anilines is 3. The fraction of sp³-hybridized carbons (Fsp3) is 0.407. The lowest BCUT2D eigenvalue weighted by atomic mass is 9.93. The van der Waals surface area contributed by atoms with Crippen LogP contribution in [0.4, 0.5) is 16.9 Å². The standard InChI is InChI=1S/C27H33N7O3S/c35-16-22(37)15-28-14-19-8-11-23-25(29-19)38-27(32-23)34-24-13-20(12-17-4-2-1-3-5-17)31-26(33-24)30-18-6-9-21(36)10-7-18/h1-5,8,11,13,18,21-22,28,35-37H,6-7,9-10,12,14-16H2,(H2,30,31,32,33,34). The Morgan fingerprint density at radius 1 is 0.947 bits per heavy atom. The number of nitrogens with one attached hydrogen (secondary N) is 3. The van der Waals surface area contributed by atoms with Gasteiger partial charge in [-0.3, -0.25) is 0 Å². The summed E-state index contributed by atoms with van der Waals surface area (Å²) in [4.78, 5) is 19.7. The van der Waals surface area contributed by atoms with E-state index in [-0.39, 0.29) is 18.8 Å². The molecule has 38 heavy (non-hydrogen) atoms. The van der Waals surface area contributed by atoms with E-state index >= 15 is 0 Å². The Labute approximate surface area is 225 Å². The average Bonchev–Trinajstić information content (AvgIpc) is 3.32. The third-order valence-corrected chi connectivity index (χ3v) is 7.36. The number of hydrogen-bond donors (Lipinski definition) is 6. The van der Waals surface area contributed by atoms with Crippen LogP contribution in [-0.4, -0.2) is 66.7 Å². The molecule has 0 amide bonds. The summed E-state index contributed by atoms with van der Waals surface area (Å²) >= 11 is 1.44. The quantitative estimate of drug-likeness (QED) is 0.169. The first kappa shape index (κ1) is 26.4. The maximum atomic E-state index is 9.86. The maximum absolute atomic E-state index is 9.86. The molecule has 1 aliphatic rings. The highest BCUT2D eigenvalue weighted by molar-refractivity contribution is 7.21. The molecule has 5 rings (SSSR count). The van der Waals surface area contributed by atoms with Gasteiger partial charge in [0.05, 0.1) is 30.2 Å². The van der Waals surface area contributed by atoms with Gasteiger partial charge >= 0.3 is 0 Å². The van der Waals surface area contributed by atoms with E-state index in [2.05, 4.69) is 38.1 Å². The molecule has 1 atom stereocenters. The average molecular weight is 536 g/mol. The first-order valence-corrected chi connectivity index (χ1v) is 13.8. The van der Waals surface area contributed by atoms with Crippen molar-refractivity contribution in [3.8, 4) is 0 Å². The number of rotatable bonds is 11. The van der Waals surface area contributed by atoms with Gasteiger partial charge in [0, 0.05) is 31.6 Å². The third-order valence-electron chi connectivity index (χ3n) is 6.48. The van der Waals surface area contributed by atoms with Gasteiger partial charge in [-0.25, -0.2) is 15.0 Å². The predicted molar refractivity (Wildman–Crippen MR) is 149 cm³/mol. The Morgan fingerprint density at radius 3 is 2.55 bits per heavy atom. The van der Waals surface area contributed by atoms with Crippen LogP contribution < -0.4 is 16.0 Å². The van der Waals surface area contributed by atoms with Crippen LogP contribution in [-0.2, 0) is 13.0 Å². The SMILES string of the molecule is OCC(O)CNCc1ccc2nc(Nc3cc(Cc4ccccc4)nc(NC4CCC(O)CC4)n3)sc2n1. The number of aromatic nitrogens is 4. The van der Waals surface area contributed by atoms with Gasteiger partial charge in [0.2, 0.25) is 5.95 Å². The van der Waals surface area contributed by atoms with E-state index in [4.69, 9.17) is 15.1 Å². The molecule has 6 N–H and O–H groups in total. The monoisotopic (exact) mass is 535 g/mol. The van der Waals surface area contributed by atoms with Gasteiger partial charge in [-0.15, -0.1) is 0 Å². The molecule has 0 bridgehead atoms. The zero-order valence-corrected chi connectivity index (χ0v) is 21.9. The Morgan fingerprint density at radius 2 is 1.76 bits per heavy atom. The molecule has 1 unspecified atom stereocenters. The minimum atomic E-state index is -0.790. The van der Waals surface area contributed by atoms with E-state index in [0.717, 1.165) is 47.4 Å². The third kappa shape index (κ3) is 7.21. The van der Waals surface area contributed by atoms with Gasteiger partial charge in [0.1, 0.15) is 16.2 Å². The molecule has 1 saturated carbocycles. The van der Waals surface area contributed by atoms with Crippen LogP contribution >= 0.6 is 11.3 Å². The number of fused-ring (bicyclic) bond motifs is 1. The number of pyridine rings is 1. The van der Waals surface area contributed by atoms with Crippen molar-refractivity contribution in [2.75, 3.05) is 23.8 Å². The van der Waals surface area contributed by atoms with Gasteiger partial charge in [0.15, 0.2) is 5.13 Å². The Bertz CT molecular complexity index is 1330. The molecule has 4 aromatic rings. The summed E-state index contributed by atoms with van der Waals surface area (Å²) in [6, 6.07) is 16.2. The van der Waals surface area contributed by atoms with E-state index in [1.54, 1.807) is 0 Å². The first-order chi connectivity index (χ1) is 18.5. The van der Waals surface area contributed by atoms with Gasteiger partial charge in [-0.2, -0.15) is 4.98 Å². The van der Waals surface area contributed by atoms with Crippen LogP contribution in [0, 0.1) is 0 Å². The van der Waals surface area contributed by atoms with Gasteiger partial charge in [-0.05, 0) is 43.4 Å². The highest BCUT2D eigenvalue weighted by Gasteiger charge is 2.20. The normalized spacial score (nSPS) is 18.4. The van der Waals surface area contributed by atoms with Crippen LogP contribution in [0.5, 0.6) is 0 Å². The molecular formula is C27H33N7O3S. The molecule has 200 valence electrons. The van der Waals surface area contributed by atoms with Crippen LogP contribution in [0.15, 0.2) is 48.5 Å². The second kappa shape index (κ2) is 12.5. The van der Waals surface area contributed by atoms with Gasteiger partial charge < -0.3 is 31.3 Å². The number of nitrogens with zero attached hydrogens (tertiary/aromatic N) is 4. The van der Waals surface area contributed by atoms with Gasteiger partial charge in [-0.1, -0.05) is 41.7 Å². The Balaban J connectivity index is 1.33. The summed E-state index contributed by atoms with van der Waals surface area (Å²) in [7, 11) is 0. The Hall–Kier alpha value is -3.22. The van der Waals surface area contributed by atoms with Gasteiger partial charge in [0.25, 0.3) is 0 Å². The molecule has 3 aromatic heterocycles. The van der Waals surface area contributed by atoms with Crippen molar-refractivity contribution in [3.63, 3.8) is 0 Å². The van der Waals surface area contributed by atoms with E-state index in [1.165, 1.54) is 16.9 Å². The summed E-state index contributed by atoms with van der Waals surface area (Å²) in [6.07, 6.45) is 3.01. The minimum Gasteiger partial charge on any atom is -0.394 e. The topological polar surface area (TPSA) is 148 Å². The van der Waals surface area contributed by atoms with E-state index in [0.29, 0.717) is 36.4 Å². The molecule has 0 saturated heterocycles. The van der Waals surface area contributed by atoms with Crippen LogP contribution in [0.1, 0.15) is 42.6 Å². The summed E-state index contributed by atoms with van der Waals surface area (Å²) in [5, 5.41) is 38.9. The lowest BCUT2D eigenvalue weighted by molar-refractivity contribution is 0.0941. The number of hydrogen-bond acceptors (Lipinski definition) is 11. The van der Waals surface area contributed by atoms with E-state index in [9.17, 15) is 10.2 Å². The van der Waals surface area contributed by atoms with Crippen molar-refractivity contribution >= 4 is 38.6 Å². The molecule has 0 radical (unpaired) electrons. The van der Waals surface area contributed by atoms with Crippen molar-refractivity contribution in [1.29, 1.82) is 0 Å². The predicted octanol–water partition coefficient (Wildman–Crippen LogP) is 2.97. The van der Waals surface area contributed by atoms with E-state index < -0.39 is 6.10 Å². The molecule has 1 aliphatic carbocycles. The summed E-state index contributed by atoms with van der Waals surface area (Å²) in [5.41, 5.74) is 3.67. The van der Waals surface area contributed by atoms with Crippen molar-refractivity contribution in [1.82, 2.24) is 25.3 Å². The molecule has 0 spiro atoms. The lowest BCUT2D eigenvalue weighted by Crippen LogP contribution is -2.29. The minimum absolute atomic E-state index is 0.216. The van der Waals surface area contributed by atoms with Crippen molar-refractivity contribution in [2.45, 2.75) is 56.9 Å². The molecular weight excluding hydrogens is 502 g/mol. The fourth-order valence-corrected chi connectivity index (χ4v) is 5.34. The molecule has 1 aromatic carbocycles. The molecule has 11 heteroatoms. The zero-order chi connectivity index (χ0) is 26.3. The lowest BCUT2D eigenvalue weighted by Gasteiger charge is -2.26. The summed E-state index contributed by atoms with van der Waals surface area (Å²) in [6.45, 7) is 0.499. The highest BCUT2D eigenvalue weighted by Crippen LogP contribution is 2.28. The molecule has 0 aliphatic heterocycles. The highest BCUT2D eigenvalue weighted by atomic mass is 32.1. The second-order valence-electron chi connectivity index (χ2n) is 9.62. The smallest absolute Gasteiger partial charge is 0.225 e. The number of aliphatic hydroxyl groups is 3. The van der Waals surface area contributed by atoms with Crippen molar-refractivity contribution in [3.05, 3.63) is 65.5 Å². The summed E-state index contributed by atoms with van der Waals surface area (Å²) < 4.78 is 0. The summed E-state index contributed by atoms with van der Waals surface area (Å²) in [5.74, 6) is 1.23. The second-order valence-corrected chi connectivity index (χ2v) is 10.6. The fourth-order valence-electron chi connectivity index (χ4n) is 4.47. The number of benzene rings is 1. The maximum Gasteiger partial charge on any atom is 0.225 e. The molecule has 3 heterocycles. The zero-order valence-electron chi connectivity index (χ0n) is 21.0. The molecule has 10 nitrogen and oxygen atoms in total. The van der Waals surface area contributed by atoms with Crippen LogP contribution in [0.25, 0.3) is 10.3 Å².